The van der Waals surface area contributed by atoms with Gasteiger partial charge in [0.1, 0.15) is 42.1 Å². The van der Waals surface area contributed by atoms with Crippen LogP contribution in [-0.4, -0.2) is 198 Å². The lowest BCUT2D eigenvalue weighted by atomic mass is 9.92. The number of aromatic nitrogens is 2. The number of hydrogen-bond donors (Lipinski definition) is 7. The number of nitrogens with zero attached hydrogens (tertiary/aromatic N) is 6. The number of amides is 10. The fourth-order valence-corrected chi connectivity index (χ4v) is 11.1. The number of halogens is 1. The maximum atomic E-state index is 14.6. The first-order chi connectivity index (χ1) is 46.1. The van der Waals surface area contributed by atoms with E-state index in [0.29, 0.717) is 45.5 Å². The number of phenolic OH excluding ortho intramolecular Hbond substituents is 1. The minimum Gasteiger partial charge on any atom is -0.508 e. The molecule has 0 saturated carbocycles. The predicted octanol–water partition coefficient (Wildman–Crippen LogP) is 5.94. The Morgan fingerprint density at radius 1 is 0.823 bits per heavy atom. The number of nitrogens with two attached hydrogens (primary N) is 1. The number of hydrogen-bond acceptors (Lipinski definition) is 18. The Labute approximate surface area is 557 Å². The number of aryl methyl sites for hydroxylation is 1. The van der Waals surface area contributed by atoms with E-state index in [4.69, 9.17) is 41.0 Å². The molecule has 4 heterocycles. The van der Waals surface area contributed by atoms with Gasteiger partial charge in [-0.25, -0.2) is 24.2 Å². The lowest BCUT2D eigenvalue weighted by molar-refractivity contribution is -0.137. The molecule has 0 unspecified atom stereocenters. The molecule has 4 aromatic carbocycles. The van der Waals surface area contributed by atoms with Crippen molar-refractivity contribution in [2.75, 3.05) is 102 Å². The molecule has 3 atom stereocenters. The number of benzene rings is 4. The Kier molecular flexibility index (Phi) is 25.6. The number of carbonyl (C=O) groups is 10. The molecule has 0 spiro atoms. The molecule has 2 aromatic heterocycles. The molecule has 96 heavy (non-hydrogen) atoms. The number of imidazole rings is 1. The van der Waals surface area contributed by atoms with Crippen LogP contribution >= 0.6 is 11.6 Å². The van der Waals surface area contributed by atoms with E-state index in [9.17, 15) is 58.2 Å². The highest BCUT2D eigenvalue weighted by Crippen LogP contribution is 2.47. The van der Waals surface area contributed by atoms with E-state index in [0.717, 1.165) is 33.6 Å². The van der Waals surface area contributed by atoms with E-state index in [1.165, 1.54) is 29.0 Å². The Morgan fingerprint density at radius 3 is 2.26 bits per heavy atom. The van der Waals surface area contributed by atoms with Crippen molar-refractivity contribution in [1.29, 1.82) is 0 Å². The molecule has 29 heteroatoms. The van der Waals surface area contributed by atoms with Crippen molar-refractivity contribution in [3.8, 4) is 11.5 Å². The lowest BCUT2D eigenvalue weighted by Crippen LogP contribution is -2.52. The maximum absolute atomic E-state index is 14.6. The molecular weight excluding hydrogens is 1270 g/mol. The van der Waals surface area contributed by atoms with Gasteiger partial charge >= 0.3 is 24.3 Å². The van der Waals surface area contributed by atoms with E-state index >= 15 is 0 Å². The van der Waals surface area contributed by atoms with Gasteiger partial charge in [0.25, 0.3) is 17.7 Å². The van der Waals surface area contributed by atoms with Crippen molar-refractivity contribution in [1.82, 2.24) is 40.0 Å². The van der Waals surface area contributed by atoms with Crippen LogP contribution in [0.15, 0.2) is 109 Å². The number of imide groups is 1. The van der Waals surface area contributed by atoms with E-state index in [1.807, 2.05) is 25.1 Å². The number of aliphatic hydroxyl groups is 1. The number of phenols is 1. The number of ether oxygens (including phenoxy) is 5. The summed E-state index contributed by atoms with van der Waals surface area (Å²) in [5.74, 6) is -2.91. The Hall–Kier alpha value is -10.2. The number of pyridine rings is 1. The highest BCUT2D eigenvalue weighted by atomic mass is 35.5. The maximum Gasteiger partial charge on any atom is 0.415 e. The fourth-order valence-electron chi connectivity index (χ4n) is 10.8. The zero-order valence-electron chi connectivity index (χ0n) is 53.6. The minimum atomic E-state index is -1.08. The predicted molar refractivity (Wildman–Crippen MR) is 352 cm³/mol. The van der Waals surface area contributed by atoms with Crippen molar-refractivity contribution in [2.24, 2.45) is 11.7 Å². The summed E-state index contributed by atoms with van der Waals surface area (Å²) < 4.78 is 29.6. The molecule has 2 aliphatic rings. The Bertz CT molecular complexity index is 3830. The summed E-state index contributed by atoms with van der Waals surface area (Å²) in [6.07, 6.45) is 3.65. The highest BCUT2D eigenvalue weighted by molar-refractivity contribution is 6.19. The Morgan fingerprint density at radius 2 is 1.55 bits per heavy atom. The van der Waals surface area contributed by atoms with Crippen LogP contribution < -0.4 is 36.6 Å². The number of alkyl halides is 1. The number of rotatable bonds is 33. The van der Waals surface area contributed by atoms with Gasteiger partial charge in [-0.05, 0) is 95.8 Å². The second-order valence-corrected chi connectivity index (χ2v) is 23.5. The van der Waals surface area contributed by atoms with Crippen LogP contribution in [-0.2, 0) is 51.2 Å². The first-order valence-corrected chi connectivity index (χ1v) is 31.7. The monoisotopic (exact) mass is 1340 g/mol. The summed E-state index contributed by atoms with van der Waals surface area (Å²) in [6, 6.07) is 20.6. The molecule has 8 N–H and O–H groups in total. The van der Waals surface area contributed by atoms with Gasteiger partial charge in [0.15, 0.2) is 5.78 Å². The quantitative estimate of drug-likeness (QED) is 0.0108. The van der Waals surface area contributed by atoms with Crippen molar-refractivity contribution in [2.45, 2.75) is 71.1 Å². The topological polar surface area (TPSA) is 362 Å². The number of Topliss-reactive ketones (excluding diaryl/α,β-unsaturated/α-hetero) is 1. The number of aromatic hydroxyl groups is 1. The number of ketones is 1. The van der Waals surface area contributed by atoms with Gasteiger partial charge in [-0.1, -0.05) is 50.2 Å². The molecular formula is C67H78ClN11O17. The zero-order chi connectivity index (χ0) is 69.0. The molecule has 0 aliphatic carbocycles. The summed E-state index contributed by atoms with van der Waals surface area (Å²) in [5.41, 5.74) is 10.0. The van der Waals surface area contributed by atoms with Crippen LogP contribution in [0.3, 0.4) is 0 Å². The molecule has 2 aliphatic heterocycles. The summed E-state index contributed by atoms with van der Waals surface area (Å²) >= 11 is 6.65. The number of likely N-dealkylation sites (N-methyl/N-ethyl adjacent to an activating group) is 1. The third kappa shape index (κ3) is 19.5. The van der Waals surface area contributed by atoms with E-state index in [2.05, 4.69) is 26.3 Å². The smallest absolute Gasteiger partial charge is 0.415 e. The number of carbonyl (C=O) groups excluding carboxylic acids is 10. The zero-order valence-corrected chi connectivity index (χ0v) is 54.3. The van der Waals surface area contributed by atoms with Crippen LogP contribution in [0.1, 0.15) is 82.1 Å². The van der Waals surface area contributed by atoms with E-state index in [1.54, 1.807) is 90.1 Å². The average molecular weight is 1340 g/mol. The molecule has 0 radical (unpaired) electrons. The standard InChI is InChI=1S/C67H78ClN11O17/c1-41(2)61(74-65(89)94-32-31-93-29-26-78-57(84)20-21-58(78)85)62(86)72-48(8-6-22-70-64(69)88)34-56(83)71-47-15-10-43(11-16-47)40-95-66(90)75(4)23-24-76(25-28-92-30-27-80)67(91)96-54-35-52-60(59-42(3)7-5-9-50(54)59)46(36-68)38-79(52)63(87)51-39-77-37-44(12-19-55(77)73-51)33-53(82)45-13-17-49(81)18-14-45/h5,7,9-21,35,37,39,41,46,48,61,80-81H,6,8,22-34,36,38,40H2,1-4H3,(H,71,83)(H,72,86)(H,74,89)(H3,69,70,88)/t46-,48+,61+/m1/s1. The summed E-state index contributed by atoms with van der Waals surface area (Å²) in [7, 11) is 1.50. The van der Waals surface area contributed by atoms with Crippen LogP contribution in [0.4, 0.5) is 30.6 Å². The van der Waals surface area contributed by atoms with Gasteiger partial charge in [0.2, 0.25) is 11.8 Å². The molecule has 8 rings (SSSR count). The number of urea groups is 1. The minimum absolute atomic E-state index is 0.000111. The molecule has 28 nitrogen and oxygen atoms in total. The van der Waals surface area contributed by atoms with Crippen molar-refractivity contribution in [3.05, 3.63) is 143 Å². The van der Waals surface area contributed by atoms with Gasteiger partial charge in [0.05, 0.1) is 45.3 Å². The van der Waals surface area contributed by atoms with Crippen LogP contribution in [0.2, 0.25) is 0 Å². The average Bonchev–Trinajstić information content (AvgIpc) is 1.54. The first kappa shape index (κ1) is 71.7. The number of aliphatic hydroxyl groups excluding tert-OH is 1. The first-order valence-electron chi connectivity index (χ1n) is 31.1. The van der Waals surface area contributed by atoms with Crippen molar-refractivity contribution < 1.29 is 81.8 Å². The van der Waals surface area contributed by atoms with Crippen LogP contribution in [0, 0.1) is 12.8 Å². The van der Waals surface area contributed by atoms with Crippen molar-refractivity contribution >= 4 is 99.0 Å². The summed E-state index contributed by atoms with van der Waals surface area (Å²) in [5, 5.41) is 31.1. The largest absolute Gasteiger partial charge is 0.508 e. The second kappa shape index (κ2) is 34.3. The number of alkyl carbamates (subject to hydrolysis) is 1. The second-order valence-electron chi connectivity index (χ2n) is 23.2. The molecule has 0 saturated heterocycles. The summed E-state index contributed by atoms with van der Waals surface area (Å²) in [4.78, 5) is 140. The van der Waals surface area contributed by atoms with Gasteiger partial charge in [-0.3, -0.25) is 33.7 Å². The van der Waals surface area contributed by atoms with Gasteiger partial charge in [-0.15, -0.1) is 11.6 Å². The SMILES string of the molecule is Cc1cccc2c(OC(=O)N(CCOCCO)CCN(C)C(=O)OCc3ccc(NC(=O)C[C@H](CCCNC(N)=O)NC(=O)[C@@H](NC(=O)OCCOCCN4C(=O)C=CC4=O)C(C)C)cc3)cc3c(c12)[C@H](CCl)CN3C(=O)c1cn2cc(CC(=O)c3ccc(O)cc3)ccc2n1. The molecule has 0 bridgehead atoms. The lowest BCUT2D eigenvalue weighted by Gasteiger charge is -2.26. The molecule has 0 fully saturated rings. The molecule has 10 amide bonds. The van der Waals surface area contributed by atoms with Crippen molar-refractivity contribution in [3.63, 3.8) is 0 Å². The third-order valence-electron chi connectivity index (χ3n) is 15.8. The van der Waals surface area contributed by atoms with Gasteiger partial charge < -0.3 is 80.0 Å². The van der Waals surface area contributed by atoms with Crippen LogP contribution in [0.25, 0.3) is 16.4 Å². The Balaban J connectivity index is 0.852. The normalized spacial score (nSPS) is 13.9. The van der Waals surface area contributed by atoms with Crippen LogP contribution in [0.5, 0.6) is 11.5 Å². The number of primary amides is 1. The molecule has 6 aromatic rings. The van der Waals surface area contributed by atoms with Gasteiger partial charge in [0, 0.05) is 118 Å². The fraction of sp³-hybridized carbons (Fsp3) is 0.388. The number of anilines is 2. The third-order valence-corrected chi connectivity index (χ3v) is 16.2. The van der Waals surface area contributed by atoms with E-state index < -0.39 is 71.8 Å². The number of fused-ring (bicyclic) bond motifs is 4. The molecule has 510 valence electrons. The highest BCUT2D eigenvalue weighted by Gasteiger charge is 2.37. The van der Waals surface area contributed by atoms with Gasteiger partial charge in [-0.2, -0.15) is 0 Å². The van der Waals surface area contributed by atoms with E-state index in [-0.39, 0.29) is 140 Å². The summed E-state index contributed by atoms with van der Waals surface area (Å²) in [6.45, 7) is 5.03. The number of nitrogens with one attached hydrogen (secondary N) is 4.